The van der Waals surface area contributed by atoms with Gasteiger partial charge in [0.15, 0.2) is 0 Å². The van der Waals surface area contributed by atoms with Crippen LogP contribution in [0.4, 0.5) is 24.5 Å². The van der Waals surface area contributed by atoms with E-state index in [1.54, 1.807) is 25.1 Å². The summed E-state index contributed by atoms with van der Waals surface area (Å²) in [4.78, 5) is 4.08. The van der Waals surface area contributed by atoms with Gasteiger partial charge in [0.2, 0.25) is 0 Å². The summed E-state index contributed by atoms with van der Waals surface area (Å²) in [7, 11) is 0. The van der Waals surface area contributed by atoms with Crippen LogP contribution in [0.5, 0.6) is 5.75 Å². The van der Waals surface area contributed by atoms with E-state index in [1.165, 1.54) is 18.3 Å². The Hall–Kier alpha value is -2.76. The van der Waals surface area contributed by atoms with E-state index >= 15 is 0 Å². The van der Waals surface area contributed by atoms with Crippen LogP contribution in [0.25, 0.3) is 10.9 Å². The summed E-state index contributed by atoms with van der Waals surface area (Å²) in [5.74, 6) is 0.115. The van der Waals surface area contributed by atoms with Crippen LogP contribution in [0, 0.1) is 6.92 Å². The summed E-state index contributed by atoms with van der Waals surface area (Å²) in [6.45, 7) is 1.76. The number of hydrogen-bond acceptors (Lipinski definition) is 3. The highest BCUT2D eigenvalue weighted by atomic mass is 19.4. The standard InChI is InChI=1S/C17H13F3N2O/c1-10-2-4-12(9-16(10)23)22-15-6-7-21-14-5-3-11(8-13(14)15)17(18,19)20/h2-9,23H,1H3,(H,21,22). The fourth-order valence-electron chi connectivity index (χ4n) is 2.27. The fourth-order valence-corrected chi connectivity index (χ4v) is 2.27. The molecule has 0 atom stereocenters. The average molecular weight is 318 g/mol. The molecule has 2 N–H and O–H groups in total. The van der Waals surface area contributed by atoms with E-state index in [0.717, 1.165) is 17.7 Å². The van der Waals surface area contributed by atoms with Crippen LogP contribution >= 0.6 is 0 Å². The number of halogens is 3. The van der Waals surface area contributed by atoms with Crippen molar-refractivity contribution in [1.82, 2.24) is 4.98 Å². The first-order chi connectivity index (χ1) is 10.8. The molecule has 0 fully saturated rings. The quantitative estimate of drug-likeness (QED) is 0.698. The highest BCUT2D eigenvalue weighted by Gasteiger charge is 2.30. The van der Waals surface area contributed by atoms with E-state index < -0.39 is 11.7 Å². The SMILES string of the molecule is Cc1ccc(Nc2ccnc3ccc(C(F)(F)F)cc23)cc1O. The zero-order valence-electron chi connectivity index (χ0n) is 12.1. The van der Waals surface area contributed by atoms with Crippen LogP contribution < -0.4 is 5.32 Å². The number of aromatic nitrogens is 1. The van der Waals surface area contributed by atoms with Crippen molar-refractivity contribution in [3.8, 4) is 5.75 Å². The van der Waals surface area contributed by atoms with Crippen molar-refractivity contribution in [2.45, 2.75) is 13.1 Å². The highest BCUT2D eigenvalue weighted by Crippen LogP contribution is 2.34. The van der Waals surface area contributed by atoms with E-state index in [0.29, 0.717) is 22.3 Å². The lowest BCUT2D eigenvalue weighted by Gasteiger charge is -2.12. The molecule has 6 heteroatoms. The molecule has 0 spiro atoms. The van der Waals surface area contributed by atoms with Gasteiger partial charge in [-0.15, -0.1) is 0 Å². The molecule has 3 nitrogen and oxygen atoms in total. The maximum atomic E-state index is 12.9. The molecule has 0 aliphatic rings. The van der Waals surface area contributed by atoms with Gasteiger partial charge in [0, 0.05) is 29.0 Å². The lowest BCUT2D eigenvalue weighted by atomic mass is 10.1. The first kappa shape index (κ1) is 15.1. The predicted molar refractivity (Wildman–Crippen MR) is 82.9 cm³/mol. The van der Waals surface area contributed by atoms with Crippen LogP contribution in [0.15, 0.2) is 48.7 Å². The molecule has 2 aromatic carbocycles. The number of fused-ring (bicyclic) bond motifs is 1. The number of rotatable bonds is 2. The van der Waals surface area contributed by atoms with Gasteiger partial charge in [0.05, 0.1) is 11.1 Å². The third kappa shape index (κ3) is 3.06. The van der Waals surface area contributed by atoms with Crippen LogP contribution in [-0.2, 0) is 6.18 Å². The van der Waals surface area contributed by atoms with Gasteiger partial charge in [0.1, 0.15) is 5.75 Å². The lowest BCUT2D eigenvalue weighted by molar-refractivity contribution is -0.137. The molecule has 23 heavy (non-hydrogen) atoms. The number of phenols is 1. The minimum atomic E-state index is -4.41. The van der Waals surface area contributed by atoms with Gasteiger partial charge < -0.3 is 10.4 Å². The largest absolute Gasteiger partial charge is 0.508 e. The minimum Gasteiger partial charge on any atom is -0.508 e. The Morgan fingerprint density at radius 2 is 1.83 bits per heavy atom. The van der Waals surface area contributed by atoms with Gasteiger partial charge in [-0.25, -0.2) is 0 Å². The number of hydrogen-bond donors (Lipinski definition) is 2. The van der Waals surface area contributed by atoms with E-state index in [4.69, 9.17) is 0 Å². The highest BCUT2D eigenvalue weighted by molar-refractivity contribution is 5.93. The second kappa shape index (κ2) is 5.46. The fraction of sp³-hybridized carbons (Fsp3) is 0.118. The number of aromatic hydroxyl groups is 1. The van der Waals surface area contributed by atoms with Crippen molar-refractivity contribution in [1.29, 1.82) is 0 Å². The molecule has 0 amide bonds. The third-order valence-electron chi connectivity index (χ3n) is 3.56. The Labute approximate surface area is 130 Å². The molecule has 1 aromatic heterocycles. The molecule has 0 bridgehead atoms. The first-order valence-corrected chi connectivity index (χ1v) is 6.87. The van der Waals surface area contributed by atoms with Crippen molar-refractivity contribution in [2.24, 2.45) is 0 Å². The molecule has 0 unspecified atom stereocenters. The Morgan fingerprint density at radius 3 is 2.52 bits per heavy atom. The van der Waals surface area contributed by atoms with Gasteiger partial charge in [-0.1, -0.05) is 6.07 Å². The van der Waals surface area contributed by atoms with Gasteiger partial charge in [0.25, 0.3) is 0 Å². The van der Waals surface area contributed by atoms with Crippen molar-refractivity contribution < 1.29 is 18.3 Å². The minimum absolute atomic E-state index is 0.115. The summed E-state index contributed by atoms with van der Waals surface area (Å²) in [5.41, 5.74) is 1.52. The molecule has 3 rings (SSSR count). The van der Waals surface area contributed by atoms with Crippen molar-refractivity contribution >= 4 is 22.3 Å². The van der Waals surface area contributed by atoms with Crippen LogP contribution in [-0.4, -0.2) is 10.1 Å². The molecule has 0 saturated heterocycles. The number of alkyl halides is 3. The Bertz CT molecular complexity index is 875. The van der Waals surface area contributed by atoms with Gasteiger partial charge in [-0.3, -0.25) is 4.98 Å². The van der Waals surface area contributed by atoms with E-state index in [1.807, 2.05) is 0 Å². The molecule has 118 valence electrons. The Morgan fingerprint density at radius 1 is 1.04 bits per heavy atom. The number of pyridine rings is 1. The topological polar surface area (TPSA) is 45.2 Å². The molecule has 0 aliphatic carbocycles. The number of benzene rings is 2. The number of nitrogens with zero attached hydrogens (tertiary/aromatic N) is 1. The summed E-state index contributed by atoms with van der Waals surface area (Å²) < 4.78 is 38.7. The Balaban J connectivity index is 2.07. The molecule has 3 aromatic rings. The second-order valence-corrected chi connectivity index (χ2v) is 5.21. The maximum absolute atomic E-state index is 12.9. The summed E-state index contributed by atoms with van der Waals surface area (Å²) in [6, 6.07) is 10.0. The van der Waals surface area contributed by atoms with Crippen LogP contribution in [0.2, 0.25) is 0 Å². The van der Waals surface area contributed by atoms with Crippen molar-refractivity contribution in [2.75, 3.05) is 5.32 Å². The van der Waals surface area contributed by atoms with E-state index in [9.17, 15) is 18.3 Å². The average Bonchev–Trinajstić information content (AvgIpc) is 2.50. The van der Waals surface area contributed by atoms with E-state index in [2.05, 4.69) is 10.3 Å². The number of nitrogens with one attached hydrogen (secondary N) is 1. The van der Waals surface area contributed by atoms with Crippen molar-refractivity contribution in [3.05, 3.63) is 59.8 Å². The first-order valence-electron chi connectivity index (χ1n) is 6.87. The zero-order valence-corrected chi connectivity index (χ0v) is 12.1. The Kier molecular flexibility index (Phi) is 3.60. The summed E-state index contributed by atoms with van der Waals surface area (Å²) >= 11 is 0. The molecule has 0 saturated carbocycles. The lowest BCUT2D eigenvalue weighted by Crippen LogP contribution is -2.05. The van der Waals surface area contributed by atoms with Crippen molar-refractivity contribution in [3.63, 3.8) is 0 Å². The molecule has 1 heterocycles. The van der Waals surface area contributed by atoms with Gasteiger partial charge in [-0.05, 0) is 42.8 Å². The molecule has 0 radical (unpaired) electrons. The number of anilines is 2. The normalized spacial score (nSPS) is 11.7. The molecular formula is C17H13F3N2O. The smallest absolute Gasteiger partial charge is 0.416 e. The monoisotopic (exact) mass is 318 g/mol. The summed E-state index contributed by atoms with van der Waals surface area (Å²) in [5, 5.41) is 13.1. The predicted octanol–water partition coefficient (Wildman–Crippen LogP) is 5.01. The number of aryl methyl sites for hydroxylation is 1. The zero-order chi connectivity index (χ0) is 16.6. The summed E-state index contributed by atoms with van der Waals surface area (Å²) in [6.07, 6.45) is -2.89. The maximum Gasteiger partial charge on any atom is 0.416 e. The van der Waals surface area contributed by atoms with E-state index in [-0.39, 0.29) is 5.75 Å². The second-order valence-electron chi connectivity index (χ2n) is 5.21. The van der Waals surface area contributed by atoms with Gasteiger partial charge >= 0.3 is 6.18 Å². The van der Waals surface area contributed by atoms with Crippen LogP contribution in [0.1, 0.15) is 11.1 Å². The molecule has 0 aliphatic heterocycles. The number of phenolic OH excluding ortho intramolecular Hbond substituents is 1. The molecular weight excluding hydrogens is 305 g/mol. The third-order valence-corrected chi connectivity index (χ3v) is 3.56. The van der Waals surface area contributed by atoms with Gasteiger partial charge in [-0.2, -0.15) is 13.2 Å². The van der Waals surface area contributed by atoms with Crippen LogP contribution in [0.3, 0.4) is 0 Å².